The van der Waals surface area contributed by atoms with Gasteiger partial charge in [-0.3, -0.25) is 4.79 Å². The minimum absolute atomic E-state index is 0.0505. The van der Waals surface area contributed by atoms with Crippen molar-refractivity contribution in [2.45, 2.75) is 28.4 Å². The van der Waals surface area contributed by atoms with Gasteiger partial charge in [0.2, 0.25) is 10.0 Å². The third-order valence-electron chi connectivity index (χ3n) is 5.79. The Bertz CT molecular complexity index is 1200. The molecular formula is C22H26N2O5S3. The molecule has 2 aromatic rings. The molecule has 0 radical (unpaired) electrons. The van der Waals surface area contributed by atoms with Gasteiger partial charge < -0.3 is 4.90 Å². The summed E-state index contributed by atoms with van der Waals surface area (Å²) in [5, 5.41) is -0.0505. The van der Waals surface area contributed by atoms with Crippen LogP contribution in [0, 0.1) is 6.92 Å². The summed E-state index contributed by atoms with van der Waals surface area (Å²) in [6.45, 7) is 2.99. The summed E-state index contributed by atoms with van der Waals surface area (Å²) in [7, 11) is -6.59. The largest absolute Gasteiger partial charge is 0.336 e. The quantitative estimate of drug-likeness (QED) is 0.634. The van der Waals surface area contributed by atoms with Gasteiger partial charge in [0.05, 0.1) is 22.0 Å². The van der Waals surface area contributed by atoms with Crippen LogP contribution in [0.3, 0.4) is 0 Å². The lowest BCUT2D eigenvalue weighted by molar-refractivity contribution is 0.0694. The molecule has 4 rings (SSSR count). The first-order chi connectivity index (χ1) is 15.2. The highest BCUT2D eigenvalue weighted by atomic mass is 32.2. The van der Waals surface area contributed by atoms with Crippen molar-refractivity contribution in [3.63, 3.8) is 0 Å². The smallest absolute Gasteiger partial charge is 0.255 e. The highest BCUT2D eigenvalue weighted by Crippen LogP contribution is 2.33. The van der Waals surface area contributed by atoms with Crippen LogP contribution in [0.25, 0.3) is 0 Å². The Morgan fingerprint density at radius 1 is 1.00 bits per heavy atom. The van der Waals surface area contributed by atoms with Gasteiger partial charge >= 0.3 is 0 Å². The number of sulfonamides is 1. The van der Waals surface area contributed by atoms with Gasteiger partial charge in [0.15, 0.2) is 9.84 Å². The number of nitrogens with zero attached hydrogens (tertiary/aromatic N) is 2. The number of carbonyl (C=O) groups is 1. The van der Waals surface area contributed by atoms with Gasteiger partial charge in [-0.05, 0) is 37.6 Å². The zero-order valence-electron chi connectivity index (χ0n) is 17.8. The lowest BCUT2D eigenvalue weighted by atomic mass is 10.2. The van der Waals surface area contributed by atoms with Crippen molar-refractivity contribution in [3.05, 3.63) is 59.7 Å². The summed E-state index contributed by atoms with van der Waals surface area (Å²) in [5.74, 6) is 0.176. The van der Waals surface area contributed by atoms with Crippen molar-refractivity contribution in [2.24, 2.45) is 0 Å². The summed E-state index contributed by atoms with van der Waals surface area (Å²) in [5.41, 5.74) is 1.53. The average molecular weight is 495 g/mol. The molecule has 2 aliphatic heterocycles. The summed E-state index contributed by atoms with van der Waals surface area (Å²) in [6, 6.07) is 14.0. The number of thioether (sulfide) groups is 1. The number of benzene rings is 2. The van der Waals surface area contributed by atoms with Crippen LogP contribution in [-0.2, 0) is 19.9 Å². The molecule has 0 bridgehead atoms. The number of carbonyl (C=O) groups excluding carboxylic acids is 1. The monoisotopic (exact) mass is 494 g/mol. The van der Waals surface area contributed by atoms with Crippen LogP contribution in [-0.4, -0.2) is 74.9 Å². The van der Waals surface area contributed by atoms with E-state index in [0.29, 0.717) is 25.1 Å². The van der Waals surface area contributed by atoms with Crippen molar-refractivity contribution in [1.29, 1.82) is 0 Å². The van der Waals surface area contributed by atoms with Gasteiger partial charge in [0, 0.05) is 36.3 Å². The number of hydrogen-bond donors (Lipinski definition) is 0. The number of aryl methyl sites for hydroxylation is 1. The third-order valence-corrected chi connectivity index (χ3v) is 11.0. The fraction of sp³-hybridized carbons (Fsp3) is 0.409. The van der Waals surface area contributed by atoms with Gasteiger partial charge in [-0.1, -0.05) is 29.8 Å². The SMILES string of the molecule is Cc1ccc(S(=O)(=O)N2CCN(C(=O)c3ccccc3S[C@H]3CCS(=O)(=O)C3)CC2)cc1. The zero-order chi connectivity index (χ0) is 22.9. The fourth-order valence-electron chi connectivity index (χ4n) is 3.94. The van der Waals surface area contributed by atoms with E-state index in [2.05, 4.69) is 0 Å². The molecule has 32 heavy (non-hydrogen) atoms. The molecule has 0 spiro atoms. The predicted octanol–water partition coefficient (Wildman–Crippen LogP) is 2.42. The zero-order valence-corrected chi connectivity index (χ0v) is 20.3. The van der Waals surface area contributed by atoms with E-state index >= 15 is 0 Å². The predicted molar refractivity (Wildman–Crippen MR) is 125 cm³/mol. The molecule has 0 saturated carbocycles. The van der Waals surface area contributed by atoms with E-state index < -0.39 is 19.9 Å². The second-order valence-electron chi connectivity index (χ2n) is 8.15. The normalized spacial score (nSPS) is 21.5. The number of rotatable bonds is 5. The standard InChI is InChI=1S/C22H26N2O5S3/c1-17-6-8-19(9-7-17)32(28,29)24-13-11-23(12-14-24)22(25)20-4-2-3-5-21(20)30-18-10-15-31(26,27)16-18/h2-9,18H,10-16H2,1H3/t18-/m0/s1. The highest BCUT2D eigenvalue weighted by molar-refractivity contribution is 8.02. The van der Waals surface area contributed by atoms with E-state index in [1.54, 1.807) is 41.3 Å². The fourth-order valence-corrected chi connectivity index (χ4v) is 8.98. The number of piperazine rings is 1. The second kappa shape index (κ2) is 9.17. The molecule has 2 aromatic carbocycles. The van der Waals surface area contributed by atoms with E-state index in [0.717, 1.165) is 10.5 Å². The van der Waals surface area contributed by atoms with Gasteiger partial charge in [0.1, 0.15) is 0 Å². The number of amides is 1. The first-order valence-corrected chi connectivity index (χ1v) is 14.6. The van der Waals surface area contributed by atoms with Crippen LogP contribution in [0.5, 0.6) is 0 Å². The molecule has 0 N–H and O–H groups in total. The molecule has 1 amide bonds. The molecule has 2 saturated heterocycles. The van der Waals surface area contributed by atoms with Crippen molar-refractivity contribution >= 4 is 37.5 Å². The van der Waals surface area contributed by atoms with E-state index in [9.17, 15) is 21.6 Å². The first-order valence-electron chi connectivity index (χ1n) is 10.5. The van der Waals surface area contributed by atoms with E-state index in [1.807, 2.05) is 19.1 Å². The van der Waals surface area contributed by atoms with Crippen molar-refractivity contribution in [2.75, 3.05) is 37.7 Å². The molecule has 172 valence electrons. The molecule has 0 aliphatic carbocycles. The van der Waals surface area contributed by atoms with Gasteiger partial charge in [-0.2, -0.15) is 4.31 Å². The van der Waals surface area contributed by atoms with E-state index in [-0.39, 0.29) is 40.6 Å². The molecule has 2 aliphatic rings. The molecule has 2 heterocycles. The van der Waals surface area contributed by atoms with Crippen LogP contribution >= 0.6 is 11.8 Å². The van der Waals surface area contributed by atoms with E-state index in [1.165, 1.54) is 16.1 Å². The van der Waals surface area contributed by atoms with Crippen LogP contribution in [0.4, 0.5) is 0 Å². The number of sulfone groups is 1. The van der Waals surface area contributed by atoms with Crippen LogP contribution < -0.4 is 0 Å². The Morgan fingerprint density at radius 2 is 1.66 bits per heavy atom. The maximum Gasteiger partial charge on any atom is 0.255 e. The van der Waals surface area contributed by atoms with Crippen molar-refractivity contribution in [3.8, 4) is 0 Å². The average Bonchev–Trinajstić information content (AvgIpc) is 3.12. The number of hydrogen-bond acceptors (Lipinski definition) is 6. The third kappa shape index (κ3) is 5.03. The summed E-state index contributed by atoms with van der Waals surface area (Å²) >= 11 is 1.44. The highest BCUT2D eigenvalue weighted by Gasteiger charge is 2.32. The van der Waals surface area contributed by atoms with Gasteiger partial charge in [-0.25, -0.2) is 16.8 Å². The van der Waals surface area contributed by atoms with Gasteiger partial charge in [0.25, 0.3) is 5.91 Å². The Labute approximate surface area is 193 Å². The summed E-state index contributed by atoms with van der Waals surface area (Å²) in [6.07, 6.45) is 0.588. The molecule has 2 fully saturated rings. The van der Waals surface area contributed by atoms with Crippen LogP contribution in [0.15, 0.2) is 58.3 Å². The first kappa shape index (κ1) is 23.3. The second-order valence-corrected chi connectivity index (χ2v) is 13.7. The Kier molecular flexibility index (Phi) is 6.67. The Hall–Kier alpha value is -1.88. The molecular weight excluding hydrogens is 468 g/mol. The molecule has 10 heteroatoms. The Morgan fingerprint density at radius 3 is 2.28 bits per heavy atom. The van der Waals surface area contributed by atoms with Crippen LogP contribution in [0.1, 0.15) is 22.3 Å². The van der Waals surface area contributed by atoms with E-state index in [4.69, 9.17) is 0 Å². The molecule has 0 unspecified atom stereocenters. The summed E-state index contributed by atoms with van der Waals surface area (Å²) < 4.78 is 50.8. The van der Waals surface area contributed by atoms with Crippen molar-refractivity contribution < 1.29 is 21.6 Å². The minimum Gasteiger partial charge on any atom is -0.336 e. The minimum atomic E-state index is -3.59. The molecule has 0 aromatic heterocycles. The lowest BCUT2D eigenvalue weighted by Gasteiger charge is -2.34. The maximum atomic E-state index is 13.2. The van der Waals surface area contributed by atoms with Crippen molar-refractivity contribution in [1.82, 2.24) is 9.21 Å². The summed E-state index contributed by atoms with van der Waals surface area (Å²) in [4.78, 5) is 15.9. The molecule has 1 atom stereocenters. The van der Waals surface area contributed by atoms with Crippen LogP contribution in [0.2, 0.25) is 0 Å². The maximum absolute atomic E-state index is 13.2. The molecule has 7 nitrogen and oxygen atoms in total. The topological polar surface area (TPSA) is 91.8 Å². The Balaban J connectivity index is 1.43. The van der Waals surface area contributed by atoms with Gasteiger partial charge in [-0.15, -0.1) is 11.8 Å². The lowest BCUT2D eigenvalue weighted by Crippen LogP contribution is -2.50.